The molecule has 1 heterocycles. The smallest absolute Gasteiger partial charge is 0.266 e. The van der Waals surface area contributed by atoms with E-state index in [-0.39, 0.29) is 5.82 Å². The van der Waals surface area contributed by atoms with Gasteiger partial charge in [-0.15, -0.1) is 0 Å². The molecule has 0 fully saturated rings. The molecule has 3 aromatic rings. The number of anilines is 1. The van der Waals surface area contributed by atoms with Crippen LogP contribution in [-0.4, -0.2) is 29.4 Å². The zero-order valence-corrected chi connectivity index (χ0v) is 14.9. The van der Waals surface area contributed by atoms with Crippen LogP contribution in [0.5, 0.6) is 11.5 Å². The molecule has 1 unspecified atom stereocenters. The van der Waals surface area contributed by atoms with Crippen LogP contribution >= 0.6 is 11.6 Å². The lowest BCUT2D eigenvalue weighted by Crippen LogP contribution is -2.30. The van der Waals surface area contributed by atoms with Crippen LogP contribution in [0.1, 0.15) is 6.92 Å². The molecule has 0 saturated carbocycles. The van der Waals surface area contributed by atoms with Crippen molar-refractivity contribution in [3.63, 3.8) is 0 Å². The summed E-state index contributed by atoms with van der Waals surface area (Å²) in [5, 5.41) is 10.8. The van der Waals surface area contributed by atoms with Gasteiger partial charge in [-0.3, -0.25) is 4.79 Å². The van der Waals surface area contributed by atoms with Crippen molar-refractivity contribution in [2.24, 2.45) is 0 Å². The minimum Gasteiger partial charge on any atom is -0.493 e. The number of aromatic nitrogens is 2. The van der Waals surface area contributed by atoms with Crippen LogP contribution in [0.3, 0.4) is 0 Å². The van der Waals surface area contributed by atoms with Gasteiger partial charge in [-0.2, -0.15) is 0 Å². The Kier molecular flexibility index (Phi) is 5.38. The van der Waals surface area contributed by atoms with Gasteiger partial charge in [0.15, 0.2) is 23.3 Å². The summed E-state index contributed by atoms with van der Waals surface area (Å²) in [5.41, 5.74) is 1.11. The van der Waals surface area contributed by atoms with E-state index in [2.05, 4.69) is 15.6 Å². The second-order valence-electron chi connectivity index (χ2n) is 5.37. The van der Waals surface area contributed by atoms with Crippen molar-refractivity contribution < 1.29 is 18.9 Å². The topological polar surface area (TPSA) is 86.5 Å². The minimum absolute atomic E-state index is 0.202. The molecule has 0 aliphatic carbocycles. The second-order valence-corrected chi connectivity index (χ2v) is 5.80. The van der Waals surface area contributed by atoms with E-state index in [1.165, 1.54) is 7.11 Å². The molecule has 2 aromatic carbocycles. The van der Waals surface area contributed by atoms with Gasteiger partial charge < -0.3 is 14.8 Å². The molecule has 7 nitrogen and oxygen atoms in total. The zero-order valence-electron chi connectivity index (χ0n) is 14.1. The summed E-state index contributed by atoms with van der Waals surface area (Å²) in [5.74, 6) is 0.806. The number of nitrogens with zero attached hydrogens (tertiary/aromatic N) is 2. The summed E-state index contributed by atoms with van der Waals surface area (Å²) in [6.07, 6.45) is -0.791. The summed E-state index contributed by atoms with van der Waals surface area (Å²) in [6, 6.07) is 14.0. The molecular weight excluding hydrogens is 358 g/mol. The van der Waals surface area contributed by atoms with E-state index in [0.717, 1.165) is 0 Å². The van der Waals surface area contributed by atoms with Gasteiger partial charge in [0.25, 0.3) is 5.91 Å². The summed E-state index contributed by atoms with van der Waals surface area (Å²) in [7, 11) is 1.53. The van der Waals surface area contributed by atoms with Gasteiger partial charge in [-0.1, -0.05) is 35.9 Å². The first-order chi connectivity index (χ1) is 12.6. The summed E-state index contributed by atoms with van der Waals surface area (Å²) in [4.78, 5) is 12.4. The Bertz CT molecular complexity index is 895. The SMILES string of the molecule is COc1ccccc1OC(C)C(=O)Nc1nonc1-c1ccc(Cl)cc1. The summed E-state index contributed by atoms with van der Waals surface area (Å²) < 4.78 is 15.6. The number of hydrogen-bond acceptors (Lipinski definition) is 6. The van der Waals surface area contributed by atoms with Crippen molar-refractivity contribution >= 4 is 23.3 Å². The Balaban J connectivity index is 1.72. The lowest BCUT2D eigenvalue weighted by molar-refractivity contribution is -0.122. The molecule has 1 aromatic heterocycles. The normalized spacial score (nSPS) is 11.7. The molecular formula is C18H16ClN3O4. The van der Waals surface area contributed by atoms with Crippen LogP contribution in [0, 0.1) is 0 Å². The van der Waals surface area contributed by atoms with Crippen LogP contribution in [0.2, 0.25) is 5.02 Å². The number of carbonyl (C=O) groups excluding carboxylic acids is 1. The molecule has 0 saturated heterocycles. The third-order valence-electron chi connectivity index (χ3n) is 3.59. The number of methoxy groups -OCH3 is 1. The maximum Gasteiger partial charge on any atom is 0.266 e. The van der Waals surface area contributed by atoms with Crippen LogP contribution in [-0.2, 0) is 4.79 Å². The average Bonchev–Trinajstić information content (AvgIpc) is 3.10. The van der Waals surface area contributed by atoms with E-state index < -0.39 is 12.0 Å². The molecule has 1 N–H and O–H groups in total. The molecule has 0 bridgehead atoms. The third-order valence-corrected chi connectivity index (χ3v) is 3.84. The zero-order chi connectivity index (χ0) is 18.5. The van der Waals surface area contributed by atoms with Crippen molar-refractivity contribution in [1.82, 2.24) is 10.3 Å². The van der Waals surface area contributed by atoms with Gasteiger partial charge in [0.2, 0.25) is 5.82 Å². The average molecular weight is 374 g/mol. The minimum atomic E-state index is -0.791. The number of halogens is 1. The van der Waals surface area contributed by atoms with Gasteiger partial charge in [-0.05, 0) is 41.5 Å². The first-order valence-corrected chi connectivity index (χ1v) is 8.15. The number of nitrogens with one attached hydrogen (secondary N) is 1. The highest BCUT2D eigenvalue weighted by molar-refractivity contribution is 6.30. The quantitative estimate of drug-likeness (QED) is 0.707. The van der Waals surface area contributed by atoms with Crippen molar-refractivity contribution in [3.8, 4) is 22.8 Å². The van der Waals surface area contributed by atoms with Crippen molar-refractivity contribution in [2.75, 3.05) is 12.4 Å². The van der Waals surface area contributed by atoms with Gasteiger partial charge in [0, 0.05) is 10.6 Å². The summed E-state index contributed by atoms with van der Waals surface area (Å²) in [6.45, 7) is 1.62. The molecule has 1 atom stereocenters. The molecule has 0 radical (unpaired) electrons. The predicted molar refractivity (Wildman–Crippen MR) is 96.5 cm³/mol. The Hall–Kier alpha value is -3.06. The van der Waals surface area contributed by atoms with Gasteiger partial charge in [-0.25, -0.2) is 4.63 Å². The highest BCUT2D eigenvalue weighted by atomic mass is 35.5. The van der Waals surface area contributed by atoms with E-state index in [9.17, 15) is 4.79 Å². The second kappa shape index (κ2) is 7.88. The van der Waals surface area contributed by atoms with Crippen molar-refractivity contribution in [2.45, 2.75) is 13.0 Å². The number of rotatable bonds is 6. The van der Waals surface area contributed by atoms with E-state index in [1.54, 1.807) is 49.4 Å². The lowest BCUT2D eigenvalue weighted by Gasteiger charge is -2.16. The van der Waals surface area contributed by atoms with Crippen molar-refractivity contribution in [3.05, 3.63) is 53.6 Å². The number of hydrogen-bond donors (Lipinski definition) is 1. The van der Waals surface area contributed by atoms with Crippen LogP contribution in [0.4, 0.5) is 5.82 Å². The standard InChI is InChI=1S/C18H16ClN3O4/c1-11(25-15-6-4-3-5-14(15)24-2)18(23)20-17-16(21-26-22-17)12-7-9-13(19)10-8-12/h3-11H,1-2H3,(H,20,22,23). The number of benzene rings is 2. The molecule has 1 amide bonds. The molecule has 0 aliphatic heterocycles. The Morgan fingerprint density at radius 1 is 1.12 bits per heavy atom. The van der Waals surface area contributed by atoms with Crippen LogP contribution in [0.25, 0.3) is 11.3 Å². The van der Waals surface area contributed by atoms with E-state index in [0.29, 0.717) is 27.8 Å². The predicted octanol–water partition coefficient (Wildman–Crippen LogP) is 3.80. The van der Waals surface area contributed by atoms with E-state index >= 15 is 0 Å². The largest absolute Gasteiger partial charge is 0.493 e. The van der Waals surface area contributed by atoms with Crippen molar-refractivity contribution in [1.29, 1.82) is 0 Å². The van der Waals surface area contributed by atoms with Gasteiger partial charge in [0.05, 0.1) is 7.11 Å². The third kappa shape index (κ3) is 3.94. The van der Waals surface area contributed by atoms with E-state index in [1.807, 2.05) is 6.07 Å². The Morgan fingerprint density at radius 2 is 1.81 bits per heavy atom. The fraction of sp³-hybridized carbons (Fsp3) is 0.167. The van der Waals surface area contributed by atoms with Crippen LogP contribution in [0.15, 0.2) is 53.2 Å². The lowest BCUT2D eigenvalue weighted by atomic mass is 10.1. The molecule has 0 aliphatic rings. The number of amides is 1. The maximum absolute atomic E-state index is 12.4. The summed E-state index contributed by atoms with van der Waals surface area (Å²) >= 11 is 5.88. The fourth-order valence-electron chi connectivity index (χ4n) is 2.25. The number of ether oxygens (including phenoxy) is 2. The fourth-order valence-corrected chi connectivity index (χ4v) is 2.37. The molecule has 0 spiro atoms. The molecule has 3 rings (SSSR count). The van der Waals surface area contributed by atoms with Gasteiger partial charge in [0.1, 0.15) is 0 Å². The molecule has 134 valence electrons. The van der Waals surface area contributed by atoms with Gasteiger partial charge >= 0.3 is 0 Å². The number of para-hydroxylation sites is 2. The first-order valence-electron chi connectivity index (χ1n) is 7.77. The molecule has 8 heteroatoms. The van der Waals surface area contributed by atoms with E-state index in [4.69, 9.17) is 25.7 Å². The molecule has 26 heavy (non-hydrogen) atoms. The maximum atomic E-state index is 12.4. The van der Waals surface area contributed by atoms with Crippen LogP contribution < -0.4 is 14.8 Å². The highest BCUT2D eigenvalue weighted by Crippen LogP contribution is 2.28. The first kappa shape index (κ1) is 17.8. The Labute approximate surface area is 154 Å². The number of carbonyl (C=O) groups is 1. The highest BCUT2D eigenvalue weighted by Gasteiger charge is 2.21. The monoisotopic (exact) mass is 373 g/mol. The Morgan fingerprint density at radius 3 is 2.50 bits per heavy atom.